The molecule has 4 rings (SSSR count). The molecule has 2 aliphatic heterocycles. The minimum absolute atomic E-state index is 0.124. The van der Waals surface area contributed by atoms with Gasteiger partial charge in [-0.25, -0.2) is 9.59 Å². The molecule has 0 aromatic heterocycles. The van der Waals surface area contributed by atoms with E-state index in [0.717, 1.165) is 11.1 Å². The first-order valence-corrected chi connectivity index (χ1v) is 7.84. The summed E-state index contributed by atoms with van der Waals surface area (Å²) >= 11 is 0. The van der Waals surface area contributed by atoms with Crippen LogP contribution in [0, 0.1) is 0 Å². The molecule has 0 bridgehead atoms. The second-order valence-electron chi connectivity index (χ2n) is 5.62. The highest BCUT2D eigenvalue weighted by Crippen LogP contribution is 2.32. The number of hydrogen-bond acceptors (Lipinski definition) is 4. The summed E-state index contributed by atoms with van der Waals surface area (Å²) in [7, 11) is 0. The lowest BCUT2D eigenvalue weighted by molar-refractivity contribution is -0.123. The Bertz CT molecular complexity index is 799. The van der Waals surface area contributed by atoms with Crippen molar-refractivity contribution in [2.75, 3.05) is 6.54 Å². The normalized spacial score (nSPS) is 17.4. The molecule has 6 amide bonds. The van der Waals surface area contributed by atoms with Crippen LogP contribution in [-0.2, 0) is 15.1 Å². The molecule has 132 valence electrons. The average molecular weight is 352 g/mol. The molecule has 2 fully saturated rings. The van der Waals surface area contributed by atoms with Gasteiger partial charge in [0.25, 0.3) is 5.91 Å². The molecule has 2 aromatic rings. The first-order valence-electron chi connectivity index (χ1n) is 7.84. The predicted octanol–water partition coefficient (Wildman–Crippen LogP) is 0.595. The molecule has 0 unspecified atom stereocenters. The molecule has 8 nitrogen and oxygen atoms in total. The van der Waals surface area contributed by atoms with E-state index >= 15 is 0 Å². The van der Waals surface area contributed by atoms with Crippen molar-refractivity contribution in [3.8, 4) is 0 Å². The number of nitrogens with one attached hydrogen (secondary N) is 4. The van der Waals surface area contributed by atoms with Crippen molar-refractivity contribution in [3.05, 3.63) is 71.8 Å². The molecule has 2 saturated heterocycles. The Labute approximate surface area is 149 Å². The lowest BCUT2D eigenvalue weighted by Gasteiger charge is -2.27. The SMILES string of the molecule is O=C1CNC(=O)N1.O=C1NC(=O)C(c2ccccc2)(c2ccccc2)N1. The lowest BCUT2D eigenvalue weighted by Crippen LogP contribution is -2.44. The van der Waals surface area contributed by atoms with Gasteiger partial charge >= 0.3 is 12.1 Å². The predicted molar refractivity (Wildman–Crippen MR) is 91.9 cm³/mol. The summed E-state index contributed by atoms with van der Waals surface area (Å²) in [6, 6.07) is 17.6. The fraction of sp³-hybridized carbons (Fsp3) is 0.111. The third kappa shape index (κ3) is 3.25. The van der Waals surface area contributed by atoms with E-state index in [4.69, 9.17) is 0 Å². The molecule has 26 heavy (non-hydrogen) atoms. The molecule has 0 aliphatic carbocycles. The first kappa shape index (κ1) is 17.2. The van der Waals surface area contributed by atoms with E-state index in [-0.39, 0.29) is 18.4 Å². The fourth-order valence-electron chi connectivity index (χ4n) is 2.78. The third-order valence-electron chi connectivity index (χ3n) is 3.94. The molecule has 0 saturated carbocycles. The van der Waals surface area contributed by atoms with E-state index in [0.29, 0.717) is 0 Å². The molecule has 2 heterocycles. The van der Waals surface area contributed by atoms with Gasteiger partial charge in [0.15, 0.2) is 5.54 Å². The van der Waals surface area contributed by atoms with Crippen LogP contribution in [0.5, 0.6) is 0 Å². The number of benzene rings is 2. The van der Waals surface area contributed by atoms with E-state index in [1.807, 2.05) is 66.0 Å². The van der Waals surface area contributed by atoms with Crippen LogP contribution in [0.3, 0.4) is 0 Å². The van der Waals surface area contributed by atoms with Gasteiger partial charge in [0.05, 0.1) is 6.54 Å². The zero-order valence-electron chi connectivity index (χ0n) is 13.6. The minimum Gasteiger partial charge on any atom is -0.329 e. The summed E-state index contributed by atoms with van der Waals surface area (Å²) in [4.78, 5) is 44.0. The van der Waals surface area contributed by atoms with E-state index in [1.54, 1.807) is 0 Å². The monoisotopic (exact) mass is 352 g/mol. The number of urea groups is 2. The van der Waals surface area contributed by atoms with Crippen LogP contribution >= 0.6 is 0 Å². The number of carbonyl (C=O) groups excluding carboxylic acids is 4. The van der Waals surface area contributed by atoms with Gasteiger partial charge in [-0.05, 0) is 11.1 Å². The van der Waals surface area contributed by atoms with Crippen molar-refractivity contribution in [2.45, 2.75) is 5.54 Å². The summed E-state index contributed by atoms with van der Waals surface area (Å²) in [6.07, 6.45) is 0. The van der Waals surface area contributed by atoms with Gasteiger partial charge in [0.1, 0.15) is 0 Å². The van der Waals surface area contributed by atoms with Gasteiger partial charge in [-0.1, -0.05) is 60.7 Å². The molecular weight excluding hydrogens is 336 g/mol. The van der Waals surface area contributed by atoms with E-state index in [9.17, 15) is 19.2 Å². The van der Waals surface area contributed by atoms with Crippen LogP contribution in [0.2, 0.25) is 0 Å². The topological polar surface area (TPSA) is 116 Å². The molecule has 2 aliphatic rings. The molecule has 0 spiro atoms. The average Bonchev–Trinajstić information content (AvgIpc) is 3.18. The fourth-order valence-corrected chi connectivity index (χ4v) is 2.78. The van der Waals surface area contributed by atoms with Gasteiger partial charge in [0, 0.05) is 0 Å². The van der Waals surface area contributed by atoms with Crippen molar-refractivity contribution in [2.24, 2.45) is 0 Å². The Kier molecular flexibility index (Phi) is 4.66. The van der Waals surface area contributed by atoms with E-state index in [1.165, 1.54) is 0 Å². The third-order valence-corrected chi connectivity index (χ3v) is 3.94. The lowest BCUT2D eigenvalue weighted by atomic mass is 9.83. The number of rotatable bonds is 2. The summed E-state index contributed by atoms with van der Waals surface area (Å²) in [5, 5.41) is 9.36. The quantitative estimate of drug-likeness (QED) is 0.592. The Balaban J connectivity index is 0.000000236. The van der Waals surface area contributed by atoms with Crippen molar-refractivity contribution in [3.63, 3.8) is 0 Å². The van der Waals surface area contributed by atoms with Crippen molar-refractivity contribution in [1.29, 1.82) is 0 Å². The Morgan fingerprint density at radius 1 is 0.692 bits per heavy atom. The first-order chi connectivity index (χ1) is 12.5. The van der Waals surface area contributed by atoms with E-state index < -0.39 is 17.6 Å². The Morgan fingerprint density at radius 2 is 1.23 bits per heavy atom. The maximum Gasteiger partial charge on any atom is 0.322 e. The second-order valence-corrected chi connectivity index (χ2v) is 5.62. The number of hydrogen-bond donors (Lipinski definition) is 4. The van der Waals surface area contributed by atoms with Gasteiger partial charge < -0.3 is 10.6 Å². The molecule has 2 aromatic carbocycles. The minimum atomic E-state index is -1.14. The van der Waals surface area contributed by atoms with Crippen LogP contribution in [0.1, 0.15) is 11.1 Å². The molecule has 0 radical (unpaired) electrons. The van der Waals surface area contributed by atoms with Gasteiger partial charge in [0.2, 0.25) is 5.91 Å². The van der Waals surface area contributed by atoms with Crippen molar-refractivity contribution in [1.82, 2.24) is 21.3 Å². The van der Waals surface area contributed by atoms with Gasteiger partial charge in [-0.2, -0.15) is 0 Å². The maximum absolute atomic E-state index is 12.3. The Morgan fingerprint density at radius 3 is 1.54 bits per heavy atom. The van der Waals surface area contributed by atoms with Crippen LogP contribution < -0.4 is 21.3 Å². The maximum atomic E-state index is 12.3. The van der Waals surface area contributed by atoms with Crippen molar-refractivity contribution >= 4 is 23.9 Å². The highest BCUT2D eigenvalue weighted by atomic mass is 16.2. The van der Waals surface area contributed by atoms with Gasteiger partial charge in [-0.3, -0.25) is 20.2 Å². The molecule has 8 heteroatoms. The highest BCUT2D eigenvalue weighted by molar-refractivity contribution is 6.09. The van der Waals surface area contributed by atoms with Crippen LogP contribution in [-0.4, -0.2) is 30.4 Å². The standard InChI is InChI=1S/C15H12N2O2.C3H4N2O2/c18-13-15(17-14(19)16-13,11-7-3-1-4-8-11)12-9-5-2-6-10-12;6-2-1-4-3(7)5-2/h1-10H,(H2,16,17,18,19);1H2,(H2,4,5,6,7). The Hall–Kier alpha value is -3.68. The summed E-state index contributed by atoms with van der Waals surface area (Å²) in [5.74, 6) is -0.611. The molecule has 4 N–H and O–H groups in total. The number of imide groups is 2. The zero-order valence-corrected chi connectivity index (χ0v) is 13.6. The van der Waals surface area contributed by atoms with Gasteiger partial charge in [-0.15, -0.1) is 0 Å². The summed E-state index contributed by atoms with van der Waals surface area (Å²) in [6.45, 7) is 0.124. The van der Waals surface area contributed by atoms with Crippen LogP contribution in [0.15, 0.2) is 60.7 Å². The number of carbonyl (C=O) groups is 4. The summed E-state index contributed by atoms with van der Waals surface area (Å²) < 4.78 is 0. The number of amides is 6. The summed E-state index contributed by atoms with van der Waals surface area (Å²) in [5.41, 5.74) is 0.341. The molecular formula is C18H16N4O4. The van der Waals surface area contributed by atoms with Crippen molar-refractivity contribution < 1.29 is 19.2 Å². The zero-order chi connectivity index (χ0) is 18.6. The second kappa shape index (κ2) is 7.06. The van der Waals surface area contributed by atoms with Crippen LogP contribution in [0.25, 0.3) is 0 Å². The largest absolute Gasteiger partial charge is 0.329 e. The smallest absolute Gasteiger partial charge is 0.322 e. The van der Waals surface area contributed by atoms with E-state index in [2.05, 4.69) is 16.0 Å². The highest BCUT2D eigenvalue weighted by Gasteiger charge is 2.48. The molecule has 0 atom stereocenters. The van der Waals surface area contributed by atoms with Crippen LogP contribution in [0.4, 0.5) is 9.59 Å².